The maximum atomic E-state index is 5.83. The zero-order chi connectivity index (χ0) is 8.55. The van der Waals surface area contributed by atoms with Gasteiger partial charge in [0, 0.05) is 17.8 Å². The molecule has 0 aliphatic heterocycles. The highest BCUT2D eigenvalue weighted by atomic mass is 35.5. The Hall–Kier alpha value is -1.28. The van der Waals surface area contributed by atoms with E-state index < -0.39 is 0 Å². The maximum Gasteiger partial charge on any atom is 0.0642 e. The molecule has 0 fully saturated rings. The van der Waals surface area contributed by atoms with Gasteiger partial charge in [-0.25, -0.2) is 0 Å². The van der Waals surface area contributed by atoms with Crippen LogP contribution in [-0.2, 0) is 0 Å². The predicted molar refractivity (Wildman–Crippen MR) is 51.2 cm³/mol. The summed E-state index contributed by atoms with van der Waals surface area (Å²) in [6.07, 6.45) is 3.45. The average molecular weight is 179 g/mol. The Kier molecular flexibility index (Phi) is 1.62. The Morgan fingerprint density at radius 3 is 2.92 bits per heavy atom. The van der Waals surface area contributed by atoms with Crippen LogP contribution in [0.5, 0.6) is 0 Å². The molecule has 1 heterocycles. The molecule has 2 aromatic rings. The second-order valence-corrected chi connectivity index (χ2v) is 2.97. The van der Waals surface area contributed by atoms with Gasteiger partial charge >= 0.3 is 0 Å². The van der Waals surface area contributed by atoms with Gasteiger partial charge in [0.15, 0.2) is 0 Å². The second-order valence-electron chi connectivity index (χ2n) is 2.56. The Balaban J connectivity index is 2.91. The molecule has 0 aliphatic rings. The molecule has 0 saturated heterocycles. The molecule has 3 heteroatoms. The van der Waals surface area contributed by atoms with Gasteiger partial charge in [-0.1, -0.05) is 17.7 Å². The summed E-state index contributed by atoms with van der Waals surface area (Å²) in [5, 5.41) is 2.55. The van der Waals surface area contributed by atoms with Crippen LogP contribution in [0.25, 0.3) is 10.8 Å². The third-order valence-electron chi connectivity index (χ3n) is 1.81. The number of anilines is 1. The molecule has 12 heavy (non-hydrogen) atoms. The van der Waals surface area contributed by atoms with Crippen LogP contribution in [-0.4, -0.2) is 4.98 Å². The summed E-state index contributed by atoms with van der Waals surface area (Å²) in [7, 11) is 0. The van der Waals surface area contributed by atoms with Gasteiger partial charge in [0.2, 0.25) is 0 Å². The SMILES string of the molecule is Nc1c(Cl)ccc2ccncc12. The zero-order valence-corrected chi connectivity index (χ0v) is 7.05. The molecule has 0 atom stereocenters. The fourth-order valence-corrected chi connectivity index (χ4v) is 1.32. The van der Waals surface area contributed by atoms with Crippen molar-refractivity contribution < 1.29 is 0 Å². The Bertz CT molecular complexity index is 426. The lowest BCUT2D eigenvalue weighted by Crippen LogP contribution is -1.88. The lowest BCUT2D eigenvalue weighted by molar-refractivity contribution is 1.36. The van der Waals surface area contributed by atoms with Crippen LogP contribution in [0.1, 0.15) is 0 Å². The van der Waals surface area contributed by atoms with Crippen molar-refractivity contribution in [2.75, 3.05) is 5.73 Å². The van der Waals surface area contributed by atoms with Crippen LogP contribution in [0.3, 0.4) is 0 Å². The van der Waals surface area contributed by atoms with Crippen LogP contribution in [0.2, 0.25) is 5.02 Å². The summed E-state index contributed by atoms with van der Waals surface area (Å²) in [5.41, 5.74) is 6.35. The molecule has 0 radical (unpaired) electrons. The molecule has 0 amide bonds. The first-order chi connectivity index (χ1) is 5.79. The normalized spacial score (nSPS) is 10.4. The highest BCUT2D eigenvalue weighted by molar-refractivity contribution is 6.34. The number of pyridine rings is 1. The van der Waals surface area contributed by atoms with E-state index in [9.17, 15) is 0 Å². The quantitative estimate of drug-likeness (QED) is 0.630. The Morgan fingerprint density at radius 1 is 1.25 bits per heavy atom. The highest BCUT2D eigenvalue weighted by Gasteiger charge is 2.00. The number of nitrogens with zero attached hydrogens (tertiary/aromatic N) is 1. The number of nitrogen functional groups attached to an aromatic ring is 1. The van der Waals surface area contributed by atoms with Crippen molar-refractivity contribution in [3.63, 3.8) is 0 Å². The number of halogens is 1. The third-order valence-corrected chi connectivity index (χ3v) is 2.14. The summed E-state index contributed by atoms with van der Waals surface area (Å²) in [6.45, 7) is 0. The van der Waals surface area contributed by atoms with E-state index in [1.54, 1.807) is 18.5 Å². The van der Waals surface area contributed by atoms with Crippen LogP contribution < -0.4 is 5.73 Å². The number of hydrogen-bond acceptors (Lipinski definition) is 2. The molecule has 1 aromatic carbocycles. The van der Waals surface area contributed by atoms with Gasteiger partial charge in [-0.2, -0.15) is 0 Å². The number of aromatic nitrogens is 1. The van der Waals surface area contributed by atoms with E-state index in [0.29, 0.717) is 10.7 Å². The molecular formula is C9H7ClN2. The van der Waals surface area contributed by atoms with Crippen molar-refractivity contribution in [3.8, 4) is 0 Å². The monoisotopic (exact) mass is 178 g/mol. The first-order valence-electron chi connectivity index (χ1n) is 3.57. The first kappa shape index (κ1) is 7.37. The fourth-order valence-electron chi connectivity index (χ4n) is 1.16. The summed E-state index contributed by atoms with van der Waals surface area (Å²) >= 11 is 5.83. The number of rotatable bonds is 0. The highest BCUT2D eigenvalue weighted by Crippen LogP contribution is 2.27. The molecule has 60 valence electrons. The second kappa shape index (κ2) is 2.64. The third kappa shape index (κ3) is 1.01. The lowest BCUT2D eigenvalue weighted by Gasteiger charge is -2.01. The van der Waals surface area contributed by atoms with Gasteiger partial charge in [-0.05, 0) is 17.5 Å². The van der Waals surface area contributed by atoms with Crippen molar-refractivity contribution in [2.45, 2.75) is 0 Å². The molecule has 0 saturated carbocycles. The minimum Gasteiger partial charge on any atom is -0.397 e. The number of fused-ring (bicyclic) bond motifs is 1. The van der Waals surface area contributed by atoms with E-state index in [-0.39, 0.29) is 0 Å². The largest absolute Gasteiger partial charge is 0.397 e. The van der Waals surface area contributed by atoms with Crippen molar-refractivity contribution in [3.05, 3.63) is 35.6 Å². The minimum atomic E-state index is 0.579. The van der Waals surface area contributed by atoms with Gasteiger partial charge in [-0.3, -0.25) is 4.98 Å². The molecule has 0 unspecified atom stereocenters. The van der Waals surface area contributed by atoms with Gasteiger partial charge in [0.05, 0.1) is 10.7 Å². The molecule has 1 aromatic heterocycles. The Morgan fingerprint density at radius 2 is 2.08 bits per heavy atom. The average Bonchev–Trinajstić information content (AvgIpc) is 2.12. The van der Waals surface area contributed by atoms with E-state index in [1.807, 2.05) is 12.1 Å². The van der Waals surface area contributed by atoms with Gasteiger partial charge in [0.1, 0.15) is 0 Å². The molecular weight excluding hydrogens is 172 g/mol. The van der Waals surface area contributed by atoms with Crippen LogP contribution in [0.4, 0.5) is 5.69 Å². The number of benzene rings is 1. The van der Waals surface area contributed by atoms with Gasteiger partial charge in [0.25, 0.3) is 0 Å². The molecule has 2 nitrogen and oxygen atoms in total. The Labute approximate surface area is 75.0 Å². The molecule has 0 spiro atoms. The summed E-state index contributed by atoms with van der Waals surface area (Å²) < 4.78 is 0. The standard InChI is InChI=1S/C9H7ClN2/c10-8-2-1-6-3-4-12-5-7(6)9(8)11/h1-5H,11H2. The van der Waals surface area contributed by atoms with Crippen molar-refractivity contribution in [2.24, 2.45) is 0 Å². The summed E-state index contributed by atoms with van der Waals surface area (Å²) in [4.78, 5) is 3.98. The van der Waals surface area contributed by atoms with Crippen LogP contribution in [0, 0.1) is 0 Å². The zero-order valence-electron chi connectivity index (χ0n) is 6.29. The number of nitrogens with two attached hydrogens (primary N) is 1. The molecule has 2 rings (SSSR count). The molecule has 0 aliphatic carbocycles. The number of hydrogen-bond donors (Lipinski definition) is 1. The van der Waals surface area contributed by atoms with Crippen molar-refractivity contribution in [1.82, 2.24) is 4.98 Å². The van der Waals surface area contributed by atoms with Crippen molar-refractivity contribution in [1.29, 1.82) is 0 Å². The maximum absolute atomic E-state index is 5.83. The smallest absolute Gasteiger partial charge is 0.0642 e. The predicted octanol–water partition coefficient (Wildman–Crippen LogP) is 2.47. The molecule has 2 N–H and O–H groups in total. The first-order valence-corrected chi connectivity index (χ1v) is 3.94. The van der Waals surface area contributed by atoms with Crippen molar-refractivity contribution >= 4 is 28.1 Å². The minimum absolute atomic E-state index is 0.579. The van der Waals surface area contributed by atoms with Gasteiger partial charge < -0.3 is 5.73 Å². The van der Waals surface area contributed by atoms with E-state index in [1.165, 1.54) is 0 Å². The van der Waals surface area contributed by atoms with Gasteiger partial charge in [-0.15, -0.1) is 0 Å². The molecule has 0 bridgehead atoms. The fraction of sp³-hybridized carbons (Fsp3) is 0. The van der Waals surface area contributed by atoms with E-state index in [2.05, 4.69) is 4.98 Å². The van der Waals surface area contributed by atoms with Crippen LogP contribution >= 0.6 is 11.6 Å². The topological polar surface area (TPSA) is 38.9 Å². The van der Waals surface area contributed by atoms with Crippen LogP contribution in [0.15, 0.2) is 30.6 Å². The summed E-state index contributed by atoms with van der Waals surface area (Å²) in [5.74, 6) is 0. The van der Waals surface area contributed by atoms with E-state index in [4.69, 9.17) is 17.3 Å². The van der Waals surface area contributed by atoms with E-state index in [0.717, 1.165) is 10.8 Å². The summed E-state index contributed by atoms with van der Waals surface area (Å²) in [6, 6.07) is 5.62. The lowest BCUT2D eigenvalue weighted by atomic mass is 10.1. The van der Waals surface area contributed by atoms with E-state index >= 15 is 0 Å².